The molecule has 0 saturated heterocycles. The van der Waals surface area contributed by atoms with E-state index < -0.39 is 16.6 Å². The Labute approximate surface area is 129 Å². The SMILES string of the molecule is CN1c2ccccc2[Si](C)(C)O[Si](C)(C)c2ccccc21. The van der Waals surface area contributed by atoms with Crippen molar-refractivity contribution in [2.45, 2.75) is 26.2 Å². The average molecular weight is 314 g/mol. The fraction of sp³-hybridized carbons (Fsp3) is 0.294. The van der Waals surface area contributed by atoms with E-state index in [4.69, 9.17) is 4.12 Å². The van der Waals surface area contributed by atoms with Gasteiger partial charge in [-0.1, -0.05) is 36.4 Å². The third kappa shape index (κ3) is 2.37. The molecule has 1 aliphatic rings. The Kier molecular flexibility index (Phi) is 3.35. The van der Waals surface area contributed by atoms with Crippen molar-refractivity contribution in [2.75, 3.05) is 11.9 Å². The van der Waals surface area contributed by atoms with Crippen LogP contribution in [0.3, 0.4) is 0 Å². The zero-order chi connectivity index (χ0) is 15.3. The first-order chi connectivity index (χ1) is 9.83. The molecule has 0 amide bonds. The van der Waals surface area contributed by atoms with Crippen LogP contribution in [0.5, 0.6) is 0 Å². The number of para-hydroxylation sites is 2. The first-order valence-corrected chi connectivity index (χ1v) is 13.3. The molecule has 0 saturated carbocycles. The second kappa shape index (κ2) is 4.83. The van der Waals surface area contributed by atoms with Crippen molar-refractivity contribution in [3.05, 3.63) is 48.5 Å². The topological polar surface area (TPSA) is 12.5 Å². The molecule has 3 rings (SSSR count). The van der Waals surface area contributed by atoms with E-state index >= 15 is 0 Å². The number of nitrogens with zero attached hydrogens (tertiary/aromatic N) is 1. The quantitative estimate of drug-likeness (QED) is 0.692. The molecule has 4 heteroatoms. The maximum Gasteiger partial charge on any atom is 0.208 e. The van der Waals surface area contributed by atoms with Crippen molar-refractivity contribution >= 4 is 38.4 Å². The monoisotopic (exact) mass is 313 g/mol. The summed E-state index contributed by atoms with van der Waals surface area (Å²) in [6.45, 7) is 9.29. The summed E-state index contributed by atoms with van der Waals surface area (Å²) in [4.78, 5) is 2.34. The van der Waals surface area contributed by atoms with Crippen LogP contribution in [0, 0.1) is 0 Å². The zero-order valence-electron chi connectivity index (χ0n) is 13.5. The molecule has 21 heavy (non-hydrogen) atoms. The van der Waals surface area contributed by atoms with Crippen LogP contribution in [-0.4, -0.2) is 23.7 Å². The number of anilines is 2. The number of fused-ring (bicyclic) bond motifs is 2. The molecule has 2 aromatic rings. The summed E-state index contributed by atoms with van der Waals surface area (Å²) in [5, 5.41) is 2.78. The fourth-order valence-electron chi connectivity index (χ4n) is 3.43. The van der Waals surface area contributed by atoms with Crippen molar-refractivity contribution in [1.29, 1.82) is 0 Å². The van der Waals surface area contributed by atoms with Crippen LogP contribution in [0.4, 0.5) is 11.4 Å². The smallest absolute Gasteiger partial charge is 0.208 e. The first-order valence-electron chi connectivity index (χ1n) is 7.46. The van der Waals surface area contributed by atoms with Crippen LogP contribution in [-0.2, 0) is 4.12 Å². The molecule has 0 radical (unpaired) electrons. The van der Waals surface area contributed by atoms with Gasteiger partial charge in [-0.05, 0) is 48.7 Å². The summed E-state index contributed by atoms with van der Waals surface area (Å²) in [7, 11) is -1.66. The van der Waals surface area contributed by atoms with Crippen LogP contribution >= 0.6 is 0 Å². The third-order valence-electron chi connectivity index (χ3n) is 4.34. The summed E-state index contributed by atoms with van der Waals surface area (Å²) in [6, 6.07) is 17.4. The molecular weight excluding hydrogens is 290 g/mol. The Morgan fingerprint density at radius 3 is 1.52 bits per heavy atom. The van der Waals surface area contributed by atoms with Gasteiger partial charge >= 0.3 is 0 Å². The predicted molar refractivity (Wildman–Crippen MR) is 96.3 cm³/mol. The zero-order valence-corrected chi connectivity index (χ0v) is 15.5. The van der Waals surface area contributed by atoms with Crippen molar-refractivity contribution in [3.8, 4) is 0 Å². The number of hydrogen-bond acceptors (Lipinski definition) is 2. The summed E-state index contributed by atoms with van der Waals surface area (Å²) in [5.74, 6) is 0. The fourth-order valence-corrected chi connectivity index (χ4v) is 12.1. The second-order valence-corrected chi connectivity index (χ2v) is 14.7. The molecule has 0 spiro atoms. The molecular formula is C17H23NOSi2. The average Bonchev–Trinajstić information content (AvgIpc) is 2.45. The standard InChI is InChI=1S/C17H23NOSi2/c1-18-14-10-6-8-12-16(14)20(2,3)19-21(4,5)17-13-9-7-11-15(17)18/h6-13H,1-5H3. The Bertz CT molecular complexity index is 624. The summed E-state index contributed by atoms with van der Waals surface area (Å²) < 4.78 is 6.82. The van der Waals surface area contributed by atoms with Gasteiger partial charge in [-0.25, -0.2) is 0 Å². The predicted octanol–water partition coefficient (Wildman–Crippen LogP) is 3.31. The van der Waals surface area contributed by atoms with E-state index in [0.29, 0.717) is 0 Å². The maximum absolute atomic E-state index is 6.82. The van der Waals surface area contributed by atoms with Crippen molar-refractivity contribution in [3.63, 3.8) is 0 Å². The van der Waals surface area contributed by atoms with Crippen molar-refractivity contribution < 1.29 is 4.12 Å². The summed E-state index contributed by atoms with van der Waals surface area (Å²) >= 11 is 0. The van der Waals surface area contributed by atoms with Gasteiger partial charge in [-0.2, -0.15) is 0 Å². The molecule has 0 atom stereocenters. The minimum Gasteiger partial charge on any atom is -0.449 e. The van der Waals surface area contributed by atoms with Gasteiger partial charge in [0, 0.05) is 18.4 Å². The largest absolute Gasteiger partial charge is 0.449 e. The van der Waals surface area contributed by atoms with Crippen LogP contribution < -0.4 is 15.3 Å². The summed E-state index contributed by atoms with van der Waals surface area (Å²) in [6.07, 6.45) is 0. The van der Waals surface area contributed by atoms with E-state index in [1.165, 1.54) is 21.7 Å². The van der Waals surface area contributed by atoms with E-state index in [1.807, 2.05) is 0 Å². The highest BCUT2D eigenvalue weighted by Crippen LogP contribution is 2.29. The van der Waals surface area contributed by atoms with Gasteiger partial charge < -0.3 is 9.02 Å². The highest BCUT2D eigenvalue weighted by molar-refractivity contribution is 6.98. The maximum atomic E-state index is 6.82. The van der Waals surface area contributed by atoms with Gasteiger partial charge in [0.25, 0.3) is 0 Å². The Morgan fingerprint density at radius 1 is 0.714 bits per heavy atom. The van der Waals surface area contributed by atoms with Gasteiger partial charge in [0.2, 0.25) is 16.6 Å². The van der Waals surface area contributed by atoms with Crippen LogP contribution in [0.1, 0.15) is 0 Å². The Morgan fingerprint density at radius 2 is 1.10 bits per heavy atom. The molecule has 0 N–H and O–H groups in total. The second-order valence-electron chi connectivity index (χ2n) is 6.72. The molecule has 0 unspecified atom stereocenters. The van der Waals surface area contributed by atoms with E-state index in [-0.39, 0.29) is 0 Å². The Hall–Kier alpha value is -1.37. The molecule has 0 aliphatic carbocycles. The van der Waals surface area contributed by atoms with Crippen LogP contribution in [0.2, 0.25) is 26.2 Å². The highest BCUT2D eigenvalue weighted by Gasteiger charge is 2.41. The molecule has 0 bridgehead atoms. The Balaban J connectivity index is 2.31. The number of rotatable bonds is 0. The van der Waals surface area contributed by atoms with Crippen molar-refractivity contribution in [2.24, 2.45) is 0 Å². The number of benzene rings is 2. The van der Waals surface area contributed by atoms with E-state index in [2.05, 4.69) is 86.7 Å². The first kappa shape index (κ1) is 14.6. The number of hydrogen-bond donors (Lipinski definition) is 0. The highest BCUT2D eigenvalue weighted by atomic mass is 28.4. The minimum absolute atomic E-state index is 1.28. The van der Waals surface area contributed by atoms with Gasteiger partial charge in [-0.15, -0.1) is 0 Å². The molecule has 1 heterocycles. The van der Waals surface area contributed by atoms with Crippen molar-refractivity contribution in [1.82, 2.24) is 0 Å². The minimum atomic E-state index is -1.92. The van der Waals surface area contributed by atoms with Gasteiger partial charge in [-0.3, -0.25) is 0 Å². The molecule has 2 aromatic carbocycles. The normalized spacial score (nSPS) is 19.2. The van der Waals surface area contributed by atoms with E-state index in [0.717, 1.165) is 0 Å². The lowest BCUT2D eigenvalue weighted by Gasteiger charge is -2.41. The van der Waals surface area contributed by atoms with E-state index in [1.54, 1.807) is 0 Å². The lowest BCUT2D eigenvalue weighted by Crippen LogP contribution is -2.60. The third-order valence-corrected chi connectivity index (χ3v) is 11.9. The van der Waals surface area contributed by atoms with Crippen LogP contribution in [0.25, 0.3) is 0 Å². The molecule has 2 nitrogen and oxygen atoms in total. The summed E-state index contributed by atoms with van der Waals surface area (Å²) in [5.41, 5.74) is 2.57. The molecule has 0 aromatic heterocycles. The lowest BCUT2D eigenvalue weighted by molar-refractivity contribution is 0.572. The molecule has 1 aliphatic heterocycles. The van der Waals surface area contributed by atoms with Gasteiger partial charge in [0.15, 0.2) is 0 Å². The van der Waals surface area contributed by atoms with E-state index in [9.17, 15) is 0 Å². The molecule has 0 fully saturated rings. The lowest BCUT2D eigenvalue weighted by atomic mass is 10.2. The van der Waals surface area contributed by atoms with Gasteiger partial charge in [0.1, 0.15) is 0 Å². The van der Waals surface area contributed by atoms with Crippen LogP contribution in [0.15, 0.2) is 48.5 Å². The van der Waals surface area contributed by atoms with Gasteiger partial charge in [0.05, 0.1) is 0 Å². The molecule has 110 valence electrons.